The highest BCUT2D eigenvalue weighted by atomic mass is 32.2. The number of hydrogen-bond acceptors (Lipinski definition) is 3. The molecule has 1 fully saturated rings. The smallest absolute Gasteiger partial charge is 0.301 e. The van der Waals surface area contributed by atoms with E-state index >= 15 is 0 Å². The molecule has 1 aromatic carbocycles. The lowest BCUT2D eigenvalue weighted by atomic mass is 10.2. The first-order valence-corrected chi connectivity index (χ1v) is 8.23. The zero-order valence-corrected chi connectivity index (χ0v) is 12.4. The predicted molar refractivity (Wildman–Crippen MR) is 80.3 cm³/mol. The van der Waals surface area contributed by atoms with Gasteiger partial charge >= 0.3 is 10.2 Å². The third-order valence-corrected chi connectivity index (χ3v) is 4.72. The summed E-state index contributed by atoms with van der Waals surface area (Å²) in [6.07, 6.45) is 2.74. The highest BCUT2D eigenvalue weighted by molar-refractivity contribution is 7.90. The Balaban J connectivity index is 2.25. The van der Waals surface area contributed by atoms with Crippen LogP contribution in [0, 0.1) is 17.7 Å². The van der Waals surface area contributed by atoms with E-state index in [1.807, 2.05) is 0 Å². The van der Waals surface area contributed by atoms with E-state index < -0.39 is 16.0 Å². The number of rotatable bonds is 3. The molecule has 0 atom stereocenters. The fourth-order valence-corrected chi connectivity index (χ4v) is 3.49. The summed E-state index contributed by atoms with van der Waals surface area (Å²) in [4.78, 5) is 0. The summed E-state index contributed by atoms with van der Waals surface area (Å²) in [6.45, 7) is 1.12. The van der Waals surface area contributed by atoms with Crippen molar-refractivity contribution in [1.82, 2.24) is 4.31 Å². The van der Waals surface area contributed by atoms with Gasteiger partial charge in [0.1, 0.15) is 5.82 Å². The van der Waals surface area contributed by atoms with E-state index in [1.165, 1.54) is 22.5 Å². The molecular weight excluding hydrogens is 293 g/mol. The Hall–Kier alpha value is -1.62. The van der Waals surface area contributed by atoms with Crippen molar-refractivity contribution in [2.45, 2.75) is 19.3 Å². The van der Waals surface area contributed by atoms with Crippen molar-refractivity contribution in [1.29, 1.82) is 0 Å². The Labute approximate surface area is 124 Å². The average molecular weight is 311 g/mol. The molecule has 3 N–H and O–H groups in total. The van der Waals surface area contributed by atoms with Crippen molar-refractivity contribution in [3.8, 4) is 11.8 Å². The van der Waals surface area contributed by atoms with Crippen molar-refractivity contribution in [2.75, 3.05) is 24.4 Å². The van der Waals surface area contributed by atoms with Gasteiger partial charge in [0, 0.05) is 13.1 Å². The number of nitrogens with zero attached hydrogens (tertiary/aromatic N) is 1. The van der Waals surface area contributed by atoms with Gasteiger partial charge in [0.15, 0.2) is 0 Å². The van der Waals surface area contributed by atoms with Crippen molar-refractivity contribution >= 4 is 15.9 Å². The molecule has 0 aliphatic carbocycles. The van der Waals surface area contributed by atoms with Crippen molar-refractivity contribution in [2.24, 2.45) is 5.73 Å². The zero-order chi connectivity index (χ0) is 15.3. The first-order valence-electron chi connectivity index (χ1n) is 6.79. The van der Waals surface area contributed by atoms with E-state index in [0.29, 0.717) is 13.1 Å². The minimum atomic E-state index is -3.63. The number of piperidine rings is 1. The van der Waals surface area contributed by atoms with Crippen LogP contribution in [-0.4, -0.2) is 32.4 Å². The van der Waals surface area contributed by atoms with Gasteiger partial charge in [0.05, 0.1) is 17.8 Å². The number of nitrogens with one attached hydrogen (secondary N) is 1. The van der Waals surface area contributed by atoms with E-state index in [2.05, 4.69) is 16.6 Å². The van der Waals surface area contributed by atoms with Crippen LogP contribution in [0.3, 0.4) is 0 Å². The van der Waals surface area contributed by atoms with Gasteiger partial charge in [-0.3, -0.25) is 4.72 Å². The Kier molecular flexibility index (Phi) is 5.17. The predicted octanol–water partition coefficient (Wildman–Crippen LogP) is 1.28. The summed E-state index contributed by atoms with van der Waals surface area (Å²) in [6, 6.07) is 3.76. The summed E-state index contributed by atoms with van der Waals surface area (Å²) >= 11 is 0. The maximum absolute atomic E-state index is 13.3. The molecule has 0 radical (unpaired) electrons. The molecule has 1 aliphatic heterocycles. The largest absolute Gasteiger partial charge is 0.320 e. The molecule has 5 nitrogen and oxygen atoms in total. The van der Waals surface area contributed by atoms with Gasteiger partial charge in [-0.2, -0.15) is 12.7 Å². The topological polar surface area (TPSA) is 75.4 Å². The number of anilines is 1. The van der Waals surface area contributed by atoms with E-state index in [-0.39, 0.29) is 17.8 Å². The maximum atomic E-state index is 13.3. The molecule has 114 valence electrons. The minimum Gasteiger partial charge on any atom is -0.320 e. The molecule has 1 heterocycles. The summed E-state index contributed by atoms with van der Waals surface area (Å²) in [5, 5.41) is 0. The lowest BCUT2D eigenvalue weighted by molar-refractivity contribution is 0.349. The van der Waals surface area contributed by atoms with Gasteiger partial charge in [-0.15, -0.1) is 0 Å². The van der Waals surface area contributed by atoms with Gasteiger partial charge in [-0.05, 0) is 31.0 Å². The molecular formula is C14H18FN3O2S. The SMILES string of the molecule is NCC#Cc1cc(F)ccc1NS(=O)(=O)N1CCCCC1. The lowest BCUT2D eigenvalue weighted by Gasteiger charge is -2.26. The highest BCUT2D eigenvalue weighted by Crippen LogP contribution is 2.20. The Morgan fingerprint density at radius 3 is 2.67 bits per heavy atom. The summed E-state index contributed by atoms with van der Waals surface area (Å²) < 4.78 is 41.8. The zero-order valence-electron chi connectivity index (χ0n) is 11.6. The molecule has 0 aromatic heterocycles. The first-order chi connectivity index (χ1) is 10.0. The minimum absolute atomic E-state index is 0.120. The van der Waals surface area contributed by atoms with Crippen molar-refractivity contribution in [3.63, 3.8) is 0 Å². The number of nitrogens with two attached hydrogens (primary N) is 1. The fourth-order valence-electron chi connectivity index (χ4n) is 2.16. The van der Waals surface area contributed by atoms with Crippen LogP contribution in [-0.2, 0) is 10.2 Å². The van der Waals surface area contributed by atoms with Gasteiger partial charge in [0.2, 0.25) is 0 Å². The third kappa shape index (κ3) is 4.17. The Morgan fingerprint density at radius 1 is 1.29 bits per heavy atom. The quantitative estimate of drug-likeness (QED) is 0.826. The molecule has 2 rings (SSSR count). The second kappa shape index (κ2) is 6.89. The molecule has 0 unspecified atom stereocenters. The van der Waals surface area contributed by atoms with Gasteiger partial charge in [0.25, 0.3) is 0 Å². The van der Waals surface area contributed by atoms with Crippen molar-refractivity contribution < 1.29 is 12.8 Å². The fraction of sp³-hybridized carbons (Fsp3) is 0.429. The molecule has 1 aliphatic rings. The van der Waals surface area contributed by atoms with E-state index in [4.69, 9.17) is 5.73 Å². The molecule has 7 heteroatoms. The maximum Gasteiger partial charge on any atom is 0.301 e. The van der Waals surface area contributed by atoms with Crippen LogP contribution >= 0.6 is 0 Å². The van der Waals surface area contributed by atoms with Crippen LogP contribution in [0.1, 0.15) is 24.8 Å². The lowest BCUT2D eigenvalue weighted by Crippen LogP contribution is -2.39. The molecule has 0 spiro atoms. The van der Waals surface area contributed by atoms with Crippen LogP contribution in [0.4, 0.5) is 10.1 Å². The van der Waals surface area contributed by atoms with Crippen molar-refractivity contribution in [3.05, 3.63) is 29.6 Å². The van der Waals surface area contributed by atoms with Crippen LogP contribution in [0.15, 0.2) is 18.2 Å². The normalized spacial score (nSPS) is 16.1. The second-order valence-corrected chi connectivity index (χ2v) is 6.43. The Bertz CT molecular complexity index is 659. The van der Waals surface area contributed by atoms with Crippen LogP contribution in [0.25, 0.3) is 0 Å². The number of halogens is 1. The van der Waals surface area contributed by atoms with E-state index in [0.717, 1.165) is 19.3 Å². The molecule has 1 aromatic rings. The second-order valence-electron chi connectivity index (χ2n) is 4.76. The summed E-state index contributed by atoms with van der Waals surface area (Å²) in [5.74, 6) is 4.80. The third-order valence-electron chi connectivity index (χ3n) is 3.20. The Morgan fingerprint density at radius 2 is 2.00 bits per heavy atom. The van der Waals surface area contributed by atoms with Gasteiger partial charge in [-0.25, -0.2) is 4.39 Å². The standard InChI is InChI=1S/C14H18FN3O2S/c15-13-6-7-14(12(11-13)5-4-8-16)17-21(19,20)18-9-2-1-3-10-18/h6-7,11,17H,1-3,8-10,16H2. The van der Waals surface area contributed by atoms with Gasteiger partial charge in [-0.1, -0.05) is 18.3 Å². The molecule has 0 amide bonds. The van der Waals surface area contributed by atoms with Crippen LogP contribution < -0.4 is 10.5 Å². The number of hydrogen-bond donors (Lipinski definition) is 2. The number of benzene rings is 1. The molecule has 0 saturated carbocycles. The highest BCUT2D eigenvalue weighted by Gasteiger charge is 2.24. The summed E-state index contributed by atoms with van der Waals surface area (Å²) in [7, 11) is -3.63. The van der Waals surface area contributed by atoms with E-state index in [9.17, 15) is 12.8 Å². The average Bonchev–Trinajstić information content (AvgIpc) is 2.48. The molecule has 21 heavy (non-hydrogen) atoms. The van der Waals surface area contributed by atoms with E-state index in [1.54, 1.807) is 0 Å². The molecule has 1 saturated heterocycles. The monoisotopic (exact) mass is 311 g/mol. The van der Waals surface area contributed by atoms with Gasteiger partial charge < -0.3 is 5.73 Å². The van der Waals surface area contributed by atoms with Crippen LogP contribution in [0.2, 0.25) is 0 Å². The summed E-state index contributed by atoms with van der Waals surface area (Å²) in [5.41, 5.74) is 5.84. The first kappa shape index (κ1) is 15.8. The molecule has 0 bridgehead atoms. The van der Waals surface area contributed by atoms with Crippen LogP contribution in [0.5, 0.6) is 0 Å².